The van der Waals surface area contributed by atoms with Crippen molar-refractivity contribution in [3.05, 3.63) is 35.9 Å². The number of rotatable bonds is 11. The normalized spacial score (nSPS) is 17.3. The predicted molar refractivity (Wildman–Crippen MR) is 123 cm³/mol. The topological polar surface area (TPSA) is 169 Å². The van der Waals surface area contributed by atoms with E-state index in [1.165, 1.54) is 4.90 Å². The maximum absolute atomic E-state index is 12.9. The van der Waals surface area contributed by atoms with Gasteiger partial charge in [0.2, 0.25) is 17.7 Å². The van der Waals surface area contributed by atoms with E-state index < -0.39 is 18.1 Å². The van der Waals surface area contributed by atoms with E-state index in [0.29, 0.717) is 45.3 Å². The monoisotopic (exact) mass is 445 g/mol. The zero-order chi connectivity index (χ0) is 23.5. The van der Waals surface area contributed by atoms with Crippen LogP contribution in [0.2, 0.25) is 0 Å². The van der Waals surface area contributed by atoms with Gasteiger partial charge in [0.05, 0.1) is 6.04 Å². The smallest absolute Gasteiger partial charge is 0.243 e. The number of nitrogens with one attached hydrogen (secondary N) is 2. The fourth-order valence-electron chi connectivity index (χ4n) is 3.70. The zero-order valence-electron chi connectivity index (χ0n) is 18.6. The number of hydrogen-bond acceptors (Lipinski definition) is 5. The number of hydrogen-bond donors (Lipinski definition) is 5. The maximum atomic E-state index is 12.9. The van der Waals surface area contributed by atoms with Crippen LogP contribution in [-0.4, -0.2) is 66.3 Å². The van der Waals surface area contributed by atoms with Gasteiger partial charge in [-0.25, -0.2) is 0 Å². The van der Waals surface area contributed by atoms with Crippen molar-refractivity contribution in [1.82, 2.24) is 15.5 Å². The fraction of sp³-hybridized carbons (Fsp3) is 0.545. The van der Waals surface area contributed by atoms with Crippen LogP contribution in [0.25, 0.3) is 0 Å². The van der Waals surface area contributed by atoms with Crippen LogP contribution >= 0.6 is 0 Å². The lowest BCUT2D eigenvalue weighted by Gasteiger charge is -2.27. The highest BCUT2D eigenvalue weighted by atomic mass is 16.2. The molecule has 0 aliphatic carbocycles. The molecule has 0 unspecified atom stereocenters. The summed E-state index contributed by atoms with van der Waals surface area (Å²) in [6, 6.07) is 7.76. The average Bonchev–Trinajstić information content (AvgIpc) is 3.25. The molecule has 0 bridgehead atoms. The number of nitrogens with two attached hydrogens (primary N) is 3. The zero-order valence-corrected chi connectivity index (χ0v) is 18.6. The van der Waals surface area contributed by atoms with Crippen molar-refractivity contribution >= 4 is 23.7 Å². The maximum Gasteiger partial charge on any atom is 0.243 e. The van der Waals surface area contributed by atoms with Crippen LogP contribution in [0.3, 0.4) is 0 Å². The third kappa shape index (κ3) is 7.84. The Morgan fingerprint density at radius 2 is 1.94 bits per heavy atom. The summed E-state index contributed by atoms with van der Waals surface area (Å²) >= 11 is 0. The Bertz CT molecular complexity index is 794. The first kappa shape index (κ1) is 25.1. The molecule has 10 nitrogen and oxygen atoms in total. The van der Waals surface area contributed by atoms with Crippen LogP contribution in [0.5, 0.6) is 0 Å². The van der Waals surface area contributed by atoms with Gasteiger partial charge in [0.15, 0.2) is 5.96 Å². The second kappa shape index (κ2) is 12.7. The van der Waals surface area contributed by atoms with Crippen LogP contribution in [0.15, 0.2) is 35.3 Å². The third-order valence-electron chi connectivity index (χ3n) is 5.36. The Labute approximate surface area is 189 Å². The van der Waals surface area contributed by atoms with Crippen molar-refractivity contribution in [1.29, 1.82) is 0 Å². The van der Waals surface area contributed by atoms with Crippen molar-refractivity contribution in [2.45, 2.75) is 57.2 Å². The molecule has 1 aromatic rings. The van der Waals surface area contributed by atoms with Crippen molar-refractivity contribution in [3.8, 4) is 0 Å². The number of nitrogens with zero attached hydrogens (tertiary/aromatic N) is 2. The molecule has 1 aliphatic heterocycles. The molecule has 2 rings (SSSR count). The molecule has 1 heterocycles. The molecule has 1 aliphatic rings. The highest BCUT2D eigenvalue weighted by molar-refractivity contribution is 5.93. The van der Waals surface area contributed by atoms with Gasteiger partial charge >= 0.3 is 0 Å². The van der Waals surface area contributed by atoms with E-state index in [9.17, 15) is 14.4 Å². The van der Waals surface area contributed by atoms with Crippen LogP contribution in [0.4, 0.5) is 0 Å². The minimum Gasteiger partial charge on any atom is -0.370 e. The van der Waals surface area contributed by atoms with E-state index in [2.05, 4.69) is 15.6 Å². The number of carbonyl (C=O) groups is 3. The Morgan fingerprint density at radius 3 is 2.59 bits per heavy atom. The van der Waals surface area contributed by atoms with E-state index in [4.69, 9.17) is 17.2 Å². The lowest BCUT2D eigenvalue weighted by molar-refractivity contribution is -0.140. The van der Waals surface area contributed by atoms with Crippen LogP contribution in [-0.2, 0) is 20.8 Å². The fourth-order valence-corrected chi connectivity index (χ4v) is 3.70. The number of likely N-dealkylation sites (tertiary alicyclic amines) is 1. The van der Waals surface area contributed by atoms with E-state index in [1.54, 1.807) is 6.92 Å². The quantitative estimate of drug-likeness (QED) is 0.170. The first-order valence-electron chi connectivity index (χ1n) is 11.0. The Kier molecular flexibility index (Phi) is 9.93. The van der Waals surface area contributed by atoms with Crippen molar-refractivity contribution in [2.75, 3.05) is 19.6 Å². The molecule has 1 aromatic carbocycles. The van der Waals surface area contributed by atoms with Gasteiger partial charge in [0.25, 0.3) is 0 Å². The van der Waals surface area contributed by atoms with Gasteiger partial charge in [-0.2, -0.15) is 0 Å². The standard InChI is InChI=1S/C22H35N7O3/c1-15(23)21(32)29-14-6-10-18(29)20(31)28-17(9-5-12-27-22(24)25)19(30)26-13-11-16-7-3-2-4-8-16/h2-4,7-8,15,17-18H,5-6,9-14,23H2,1H3,(H,26,30)(H,28,31)(H4,24,25,27)/t15-,17-,18-/m0/s1. The second-order valence-corrected chi connectivity index (χ2v) is 8.01. The molecule has 32 heavy (non-hydrogen) atoms. The third-order valence-corrected chi connectivity index (χ3v) is 5.36. The molecule has 10 heteroatoms. The number of carbonyl (C=O) groups excluding carboxylic acids is 3. The largest absolute Gasteiger partial charge is 0.370 e. The second-order valence-electron chi connectivity index (χ2n) is 8.01. The first-order valence-corrected chi connectivity index (χ1v) is 11.0. The SMILES string of the molecule is C[C@H](N)C(=O)N1CCC[C@H]1C(=O)N[C@@H](CCCN=C(N)N)C(=O)NCCc1ccccc1. The molecular formula is C22H35N7O3. The van der Waals surface area contributed by atoms with E-state index >= 15 is 0 Å². The summed E-state index contributed by atoms with van der Waals surface area (Å²) in [7, 11) is 0. The van der Waals surface area contributed by atoms with Crippen molar-refractivity contribution in [2.24, 2.45) is 22.2 Å². The lowest BCUT2D eigenvalue weighted by atomic mass is 10.1. The Morgan fingerprint density at radius 1 is 1.22 bits per heavy atom. The van der Waals surface area contributed by atoms with Crippen LogP contribution in [0.1, 0.15) is 38.2 Å². The number of guanidine groups is 1. The first-order chi connectivity index (χ1) is 15.3. The molecule has 8 N–H and O–H groups in total. The molecule has 3 amide bonds. The van der Waals surface area contributed by atoms with E-state index in [-0.39, 0.29) is 23.7 Å². The highest BCUT2D eigenvalue weighted by Crippen LogP contribution is 2.18. The van der Waals surface area contributed by atoms with E-state index in [0.717, 1.165) is 12.0 Å². The van der Waals surface area contributed by atoms with Gasteiger partial charge in [-0.3, -0.25) is 19.4 Å². The molecule has 0 saturated carbocycles. The Balaban J connectivity index is 1.98. The van der Waals surface area contributed by atoms with Gasteiger partial charge < -0.3 is 32.7 Å². The van der Waals surface area contributed by atoms with E-state index in [1.807, 2.05) is 30.3 Å². The number of aliphatic imine (C=N–C) groups is 1. The minimum atomic E-state index is -0.750. The summed E-state index contributed by atoms with van der Waals surface area (Å²) in [6.45, 7) is 2.88. The highest BCUT2D eigenvalue weighted by Gasteiger charge is 2.36. The van der Waals surface area contributed by atoms with Crippen LogP contribution in [0, 0.1) is 0 Å². The lowest BCUT2D eigenvalue weighted by Crippen LogP contribution is -2.55. The Hall–Kier alpha value is -3.14. The number of amides is 3. The minimum absolute atomic E-state index is 0.0195. The summed E-state index contributed by atoms with van der Waals surface area (Å²) in [6.07, 6.45) is 2.83. The molecule has 1 fully saturated rings. The van der Waals surface area contributed by atoms with Gasteiger partial charge in [-0.05, 0) is 44.6 Å². The average molecular weight is 446 g/mol. The van der Waals surface area contributed by atoms with Crippen molar-refractivity contribution < 1.29 is 14.4 Å². The van der Waals surface area contributed by atoms with Crippen LogP contribution < -0.4 is 27.8 Å². The molecule has 0 spiro atoms. The predicted octanol–water partition coefficient (Wildman–Crippen LogP) is -0.778. The van der Waals surface area contributed by atoms with Gasteiger partial charge in [-0.15, -0.1) is 0 Å². The molecule has 176 valence electrons. The summed E-state index contributed by atoms with van der Waals surface area (Å²) in [4.78, 5) is 43.5. The molecule has 0 aromatic heterocycles. The summed E-state index contributed by atoms with van der Waals surface area (Å²) in [5.74, 6) is -0.906. The van der Waals surface area contributed by atoms with Gasteiger partial charge in [0, 0.05) is 19.6 Å². The van der Waals surface area contributed by atoms with Gasteiger partial charge in [-0.1, -0.05) is 30.3 Å². The molecule has 0 radical (unpaired) electrons. The van der Waals surface area contributed by atoms with Crippen molar-refractivity contribution in [3.63, 3.8) is 0 Å². The molecule has 3 atom stereocenters. The van der Waals surface area contributed by atoms with Gasteiger partial charge in [0.1, 0.15) is 12.1 Å². The summed E-state index contributed by atoms with van der Waals surface area (Å²) in [5.41, 5.74) is 17.5. The summed E-state index contributed by atoms with van der Waals surface area (Å²) in [5, 5.41) is 5.71. The number of benzene rings is 1. The summed E-state index contributed by atoms with van der Waals surface area (Å²) < 4.78 is 0. The molecule has 1 saturated heterocycles. The molecular weight excluding hydrogens is 410 g/mol.